The number of aromatic nitrogens is 2. The van der Waals surface area contributed by atoms with Crippen LogP contribution in [0.5, 0.6) is 0 Å². The van der Waals surface area contributed by atoms with Crippen LogP contribution in [0.2, 0.25) is 0 Å². The number of fused-ring (bicyclic) bond motifs is 1. The van der Waals surface area contributed by atoms with E-state index in [9.17, 15) is 4.79 Å². The molecule has 0 saturated heterocycles. The number of hydrogen-bond acceptors (Lipinski definition) is 4. The average molecular weight is 554 g/mol. The van der Waals surface area contributed by atoms with Gasteiger partial charge in [-0.3, -0.25) is 0 Å². The van der Waals surface area contributed by atoms with Gasteiger partial charge >= 0.3 is 5.97 Å². The highest BCUT2D eigenvalue weighted by molar-refractivity contribution is 6.03. The second-order valence-corrected chi connectivity index (χ2v) is 11.8. The fraction of sp³-hybridized carbons (Fsp3) is 0.444. The minimum atomic E-state index is -0.389. The van der Waals surface area contributed by atoms with E-state index in [0.717, 1.165) is 34.9 Å². The van der Waals surface area contributed by atoms with E-state index >= 15 is 0 Å². The van der Waals surface area contributed by atoms with Gasteiger partial charge in [0.15, 0.2) is 0 Å². The molecule has 0 aromatic carbocycles. The highest BCUT2D eigenvalue weighted by atomic mass is 16.5. The smallest absolute Gasteiger partial charge is 0.340 e. The van der Waals surface area contributed by atoms with E-state index in [4.69, 9.17) is 15.5 Å². The molecule has 1 saturated carbocycles. The molecule has 2 aliphatic carbocycles. The van der Waals surface area contributed by atoms with Crippen molar-refractivity contribution >= 4 is 11.5 Å². The van der Waals surface area contributed by atoms with Crippen LogP contribution in [0.1, 0.15) is 94.1 Å². The number of carbonyl (C=O) groups is 1. The molecule has 0 amide bonds. The molecule has 0 bridgehead atoms. The molecule has 2 aliphatic heterocycles. The number of methoxy groups -OCH3 is 1. The van der Waals surface area contributed by atoms with Crippen molar-refractivity contribution < 1.29 is 9.53 Å². The zero-order valence-electron chi connectivity index (χ0n) is 25.1. The number of hydrogen-bond donors (Lipinski definition) is 1. The van der Waals surface area contributed by atoms with Crippen LogP contribution in [0, 0.1) is 11.8 Å². The molecular formula is C36H47N3O2. The van der Waals surface area contributed by atoms with Crippen LogP contribution >= 0.6 is 0 Å². The average Bonchev–Trinajstić information content (AvgIpc) is 3.33. The molecular weight excluding hydrogens is 506 g/mol. The molecule has 2 heterocycles. The summed E-state index contributed by atoms with van der Waals surface area (Å²) in [7, 11) is 1.42. The van der Waals surface area contributed by atoms with Crippen molar-refractivity contribution in [2.45, 2.75) is 84.6 Å². The van der Waals surface area contributed by atoms with E-state index in [-0.39, 0.29) is 5.97 Å². The number of allylic oxidation sites excluding steroid dienone is 11. The molecule has 4 rings (SSSR count). The van der Waals surface area contributed by atoms with Gasteiger partial charge in [0.25, 0.3) is 0 Å². The van der Waals surface area contributed by atoms with Crippen LogP contribution in [0.3, 0.4) is 0 Å². The Morgan fingerprint density at radius 3 is 2.44 bits per heavy atom. The Morgan fingerprint density at radius 2 is 1.66 bits per heavy atom. The number of carbonyl (C=O) groups excluding carboxylic acids is 1. The Kier molecular flexibility index (Phi) is 11.4. The highest BCUT2D eigenvalue weighted by Crippen LogP contribution is 2.34. The Morgan fingerprint density at radius 1 is 0.951 bits per heavy atom. The molecule has 0 radical (unpaired) electrons. The third-order valence-electron chi connectivity index (χ3n) is 8.33. The van der Waals surface area contributed by atoms with Crippen molar-refractivity contribution in [3.8, 4) is 11.3 Å². The molecule has 2 N–H and O–H groups in total. The summed E-state index contributed by atoms with van der Waals surface area (Å²) in [6, 6.07) is 2.02. The maximum Gasteiger partial charge on any atom is 0.340 e. The van der Waals surface area contributed by atoms with Crippen molar-refractivity contribution in [2.24, 2.45) is 17.6 Å². The Hall–Kier alpha value is -3.60. The van der Waals surface area contributed by atoms with Crippen molar-refractivity contribution in [3.63, 3.8) is 0 Å². The van der Waals surface area contributed by atoms with Gasteiger partial charge in [-0.15, -0.1) is 0 Å². The normalized spacial score (nSPS) is 21.5. The lowest BCUT2D eigenvalue weighted by Crippen LogP contribution is -2.12. The maximum atomic E-state index is 13.1. The number of nitrogens with zero attached hydrogens (tertiary/aromatic N) is 2. The number of esters is 1. The largest absolute Gasteiger partial charge is 0.465 e. The summed E-state index contributed by atoms with van der Waals surface area (Å²) in [4.78, 5) is 18.0. The first-order valence-electron chi connectivity index (χ1n) is 15.4. The molecule has 5 nitrogen and oxygen atoms in total. The van der Waals surface area contributed by atoms with E-state index < -0.39 is 0 Å². The molecule has 2 atom stereocenters. The summed E-state index contributed by atoms with van der Waals surface area (Å²) < 4.78 is 7.49. The fourth-order valence-electron chi connectivity index (χ4n) is 5.92. The molecule has 0 aromatic heterocycles. The van der Waals surface area contributed by atoms with Crippen molar-refractivity contribution in [2.75, 3.05) is 7.11 Å². The number of ether oxygens (including phenoxy) is 1. The van der Waals surface area contributed by atoms with Gasteiger partial charge in [-0.05, 0) is 49.8 Å². The first-order valence-corrected chi connectivity index (χ1v) is 15.4. The van der Waals surface area contributed by atoms with Crippen LogP contribution in [0.15, 0.2) is 84.4 Å². The van der Waals surface area contributed by atoms with Crippen LogP contribution in [-0.2, 0) is 11.3 Å². The Bertz CT molecular complexity index is 1320. The molecule has 0 spiro atoms. The van der Waals surface area contributed by atoms with E-state index in [1.165, 1.54) is 71.3 Å². The fourth-order valence-corrected chi connectivity index (χ4v) is 5.92. The summed E-state index contributed by atoms with van der Waals surface area (Å²) in [6.45, 7) is 5.44. The number of pyridine rings is 1. The van der Waals surface area contributed by atoms with Crippen LogP contribution < -0.4 is 5.73 Å². The third kappa shape index (κ3) is 8.94. The molecule has 41 heavy (non-hydrogen) atoms. The van der Waals surface area contributed by atoms with Crippen LogP contribution in [-0.4, -0.2) is 22.6 Å². The molecule has 0 aromatic rings. The van der Waals surface area contributed by atoms with Crippen molar-refractivity contribution in [3.05, 3.63) is 95.7 Å². The van der Waals surface area contributed by atoms with E-state index in [1.807, 2.05) is 67.7 Å². The summed E-state index contributed by atoms with van der Waals surface area (Å²) in [5.74, 6) is 1.13. The third-order valence-corrected chi connectivity index (χ3v) is 8.33. The predicted molar refractivity (Wildman–Crippen MR) is 170 cm³/mol. The Labute approximate surface area is 246 Å². The lowest BCUT2D eigenvalue weighted by Gasteiger charge is -2.21. The van der Waals surface area contributed by atoms with Crippen LogP contribution in [0.25, 0.3) is 16.8 Å². The monoisotopic (exact) mass is 553 g/mol. The molecule has 5 heteroatoms. The second-order valence-electron chi connectivity index (χ2n) is 11.8. The lowest BCUT2D eigenvalue weighted by atomic mass is 9.90. The summed E-state index contributed by atoms with van der Waals surface area (Å²) in [6.07, 6.45) is 35.0. The van der Waals surface area contributed by atoms with Gasteiger partial charge in [0, 0.05) is 35.8 Å². The summed E-state index contributed by atoms with van der Waals surface area (Å²) in [5.41, 5.74) is 11.4. The topological polar surface area (TPSA) is 70.1 Å². The van der Waals surface area contributed by atoms with E-state index in [2.05, 4.69) is 23.9 Å². The Balaban J connectivity index is 1.64. The SMILES string of the molecule is COC(=O)c1c2ccn(CC3CCCCCCC(C)CCCC3)cc-2nc1C1=CC=C(N)C=CC=C(C)C=CC=C1. The first kappa shape index (κ1) is 30.4. The number of nitrogens with two attached hydrogens (primary N) is 1. The van der Waals surface area contributed by atoms with Crippen molar-refractivity contribution in [1.82, 2.24) is 9.55 Å². The summed E-state index contributed by atoms with van der Waals surface area (Å²) in [5, 5.41) is 0. The van der Waals surface area contributed by atoms with E-state index in [0.29, 0.717) is 22.9 Å². The number of rotatable bonds is 4. The van der Waals surface area contributed by atoms with Crippen molar-refractivity contribution in [1.29, 1.82) is 0 Å². The highest BCUT2D eigenvalue weighted by Gasteiger charge is 2.26. The lowest BCUT2D eigenvalue weighted by molar-refractivity contribution is 0.0601. The van der Waals surface area contributed by atoms with Gasteiger partial charge < -0.3 is 15.0 Å². The van der Waals surface area contributed by atoms with Gasteiger partial charge in [-0.2, -0.15) is 0 Å². The zero-order chi connectivity index (χ0) is 29.0. The van der Waals surface area contributed by atoms with Gasteiger partial charge in [-0.1, -0.05) is 106 Å². The maximum absolute atomic E-state index is 13.1. The quantitative estimate of drug-likeness (QED) is 0.384. The standard InChI is InChI=1S/C36H47N3O2/c1-27-13-6-4-5-7-17-29(18-10-8-14-27)25-39-24-23-32-33(26-39)38-35(34(32)36(40)41-3)30-19-11-9-15-28(2)16-12-20-31(37)22-21-30/h9,11-12,15-16,19-24,26-27,29H,4-8,10,13-14,17-18,25,37H2,1-3H3. The second kappa shape index (κ2) is 15.4. The van der Waals surface area contributed by atoms with Gasteiger partial charge in [0.2, 0.25) is 0 Å². The molecule has 1 fully saturated rings. The molecule has 218 valence electrons. The van der Waals surface area contributed by atoms with Crippen LogP contribution in [0.4, 0.5) is 0 Å². The molecule has 2 unspecified atom stereocenters. The van der Waals surface area contributed by atoms with Gasteiger partial charge in [-0.25, -0.2) is 9.78 Å². The summed E-state index contributed by atoms with van der Waals surface area (Å²) >= 11 is 0. The zero-order valence-corrected chi connectivity index (χ0v) is 25.1. The van der Waals surface area contributed by atoms with Gasteiger partial charge in [0.05, 0.1) is 24.1 Å². The first-order chi connectivity index (χ1) is 19.9. The molecule has 4 aliphatic rings. The predicted octanol–water partition coefficient (Wildman–Crippen LogP) is 8.80. The van der Waals surface area contributed by atoms with E-state index in [1.54, 1.807) is 0 Å². The minimum Gasteiger partial charge on any atom is -0.465 e. The minimum absolute atomic E-state index is 0.389. The van der Waals surface area contributed by atoms with Gasteiger partial charge in [0.1, 0.15) is 0 Å².